The first-order valence-corrected chi connectivity index (χ1v) is 11.3. The largest absolute Gasteiger partial charge is 0.456 e. The summed E-state index contributed by atoms with van der Waals surface area (Å²) in [5.41, 5.74) is 1.94. The van der Waals surface area contributed by atoms with Crippen LogP contribution in [-0.2, 0) is 0 Å². The highest BCUT2D eigenvalue weighted by Crippen LogP contribution is 2.40. The van der Waals surface area contributed by atoms with E-state index in [9.17, 15) is 9.59 Å². The maximum atomic E-state index is 12.3. The molecule has 0 radical (unpaired) electrons. The minimum atomic E-state index is -0.727. The summed E-state index contributed by atoms with van der Waals surface area (Å²) in [7, 11) is 0. The summed E-state index contributed by atoms with van der Waals surface area (Å²) < 4.78 is 7.74. The highest BCUT2D eigenvalue weighted by atomic mass is 79.9. The molecule has 31 heavy (non-hydrogen) atoms. The van der Waals surface area contributed by atoms with E-state index >= 15 is 0 Å². The first-order valence-electron chi connectivity index (χ1n) is 8.97. The summed E-state index contributed by atoms with van der Waals surface area (Å²) >= 11 is 19.4. The Labute approximate surface area is 206 Å². The van der Waals surface area contributed by atoms with Gasteiger partial charge in [0.1, 0.15) is 11.5 Å². The Kier molecular flexibility index (Phi) is 7.64. The summed E-state index contributed by atoms with van der Waals surface area (Å²) in [6.07, 6.45) is 0. The molecule has 3 rings (SSSR count). The number of urea groups is 1. The molecule has 0 unspecified atom stereocenters. The first kappa shape index (κ1) is 23.6. The molecule has 3 aromatic carbocycles. The molecule has 5 nitrogen and oxygen atoms in total. The van der Waals surface area contributed by atoms with Crippen LogP contribution in [0.5, 0.6) is 11.5 Å². The number of hydrogen-bond acceptors (Lipinski definition) is 3. The Hall–Kier alpha value is -2.06. The number of amides is 3. The minimum Gasteiger partial charge on any atom is -0.456 e. The molecule has 0 aliphatic rings. The van der Waals surface area contributed by atoms with Crippen molar-refractivity contribution in [1.29, 1.82) is 0 Å². The van der Waals surface area contributed by atoms with Gasteiger partial charge in [-0.15, -0.1) is 0 Å². The van der Waals surface area contributed by atoms with Crippen LogP contribution in [-0.4, -0.2) is 11.9 Å². The summed E-state index contributed by atoms with van der Waals surface area (Å²) in [6, 6.07) is 13.0. The molecule has 3 aromatic rings. The zero-order valence-corrected chi connectivity index (χ0v) is 21.0. The van der Waals surface area contributed by atoms with Crippen LogP contribution in [0.2, 0.25) is 10.0 Å². The number of aryl methyl sites for hydroxylation is 1. The Morgan fingerprint density at radius 1 is 1.00 bits per heavy atom. The number of benzene rings is 3. The van der Waals surface area contributed by atoms with Crippen molar-refractivity contribution in [2.24, 2.45) is 0 Å². The zero-order chi connectivity index (χ0) is 22.7. The molecule has 9 heteroatoms. The van der Waals surface area contributed by atoms with Crippen molar-refractivity contribution in [1.82, 2.24) is 5.32 Å². The van der Waals surface area contributed by atoms with Crippen molar-refractivity contribution < 1.29 is 14.3 Å². The third-order valence-corrected chi connectivity index (χ3v) is 6.25. The predicted molar refractivity (Wildman–Crippen MR) is 131 cm³/mol. The van der Waals surface area contributed by atoms with Gasteiger partial charge in [-0.3, -0.25) is 10.1 Å². The average Bonchev–Trinajstić information content (AvgIpc) is 2.70. The van der Waals surface area contributed by atoms with Crippen molar-refractivity contribution in [2.75, 3.05) is 5.32 Å². The summed E-state index contributed by atoms with van der Waals surface area (Å²) in [4.78, 5) is 24.6. The predicted octanol–water partition coefficient (Wildman–Crippen LogP) is 7.89. The fourth-order valence-corrected chi connectivity index (χ4v) is 4.37. The van der Waals surface area contributed by atoms with Crippen LogP contribution in [0.4, 0.5) is 10.5 Å². The SMILES string of the molecule is Cc1cc(NC(=O)NC(=O)c2ccccc2Cl)c(Cl)c(C)c1Oc1ccc(Br)cc1Br. The van der Waals surface area contributed by atoms with E-state index in [0.717, 1.165) is 14.5 Å². The number of rotatable bonds is 4. The monoisotopic (exact) mass is 584 g/mol. The van der Waals surface area contributed by atoms with Gasteiger partial charge in [-0.05, 0) is 71.7 Å². The first-order chi connectivity index (χ1) is 14.7. The number of ether oxygens (including phenoxy) is 1. The molecular formula is C22H16Br2Cl2N2O3. The highest BCUT2D eigenvalue weighted by molar-refractivity contribution is 9.11. The van der Waals surface area contributed by atoms with Gasteiger partial charge in [0.15, 0.2) is 0 Å². The van der Waals surface area contributed by atoms with Crippen LogP contribution >= 0.6 is 55.1 Å². The number of carbonyl (C=O) groups excluding carboxylic acids is 2. The molecule has 0 aliphatic heterocycles. The van der Waals surface area contributed by atoms with Crippen LogP contribution in [0.15, 0.2) is 57.5 Å². The molecule has 0 spiro atoms. The quantitative estimate of drug-likeness (QED) is 0.327. The van der Waals surface area contributed by atoms with Crippen LogP contribution in [0.3, 0.4) is 0 Å². The lowest BCUT2D eigenvalue weighted by Crippen LogP contribution is -2.34. The van der Waals surface area contributed by atoms with Gasteiger partial charge >= 0.3 is 6.03 Å². The maximum Gasteiger partial charge on any atom is 0.326 e. The van der Waals surface area contributed by atoms with Crippen LogP contribution < -0.4 is 15.4 Å². The molecule has 2 N–H and O–H groups in total. The smallest absolute Gasteiger partial charge is 0.326 e. The third kappa shape index (κ3) is 5.60. The molecule has 0 heterocycles. The van der Waals surface area contributed by atoms with E-state index in [0.29, 0.717) is 27.8 Å². The van der Waals surface area contributed by atoms with Gasteiger partial charge in [-0.1, -0.05) is 51.3 Å². The molecule has 0 aromatic heterocycles. The molecule has 0 saturated heterocycles. The van der Waals surface area contributed by atoms with Crippen LogP contribution in [0.25, 0.3) is 0 Å². The maximum absolute atomic E-state index is 12.3. The van der Waals surface area contributed by atoms with E-state index in [2.05, 4.69) is 42.5 Å². The second kappa shape index (κ2) is 10.0. The van der Waals surface area contributed by atoms with E-state index in [1.165, 1.54) is 6.07 Å². The molecular weight excluding hydrogens is 571 g/mol. The van der Waals surface area contributed by atoms with Crippen LogP contribution in [0, 0.1) is 13.8 Å². The van der Waals surface area contributed by atoms with Gasteiger partial charge in [0.2, 0.25) is 0 Å². The standard InChI is InChI=1S/C22H16Br2Cl2N2O3/c1-11-9-17(27-22(30)28-21(29)14-5-3-4-6-16(14)25)19(26)12(2)20(11)31-18-8-7-13(23)10-15(18)24/h3-10H,1-2H3,(H2,27,28,29,30). The number of imide groups is 1. The third-order valence-electron chi connectivity index (χ3n) is 4.32. The number of anilines is 1. The van der Waals surface area contributed by atoms with Crippen molar-refractivity contribution >= 4 is 72.7 Å². The zero-order valence-electron chi connectivity index (χ0n) is 16.4. The molecule has 0 saturated carbocycles. The summed E-state index contributed by atoms with van der Waals surface area (Å²) in [5, 5.41) is 5.40. The number of halogens is 4. The van der Waals surface area contributed by atoms with E-state index < -0.39 is 11.9 Å². The van der Waals surface area contributed by atoms with Crippen molar-refractivity contribution in [3.63, 3.8) is 0 Å². The number of nitrogens with one attached hydrogen (secondary N) is 2. The fourth-order valence-electron chi connectivity index (χ4n) is 2.83. The molecule has 160 valence electrons. The highest BCUT2D eigenvalue weighted by Gasteiger charge is 2.18. The Bertz CT molecular complexity index is 1190. The van der Waals surface area contributed by atoms with Gasteiger partial charge in [0, 0.05) is 10.0 Å². The van der Waals surface area contributed by atoms with E-state index in [4.69, 9.17) is 27.9 Å². The van der Waals surface area contributed by atoms with E-state index in [-0.39, 0.29) is 10.6 Å². The van der Waals surface area contributed by atoms with Gasteiger partial charge in [-0.2, -0.15) is 0 Å². The fraction of sp³-hybridized carbons (Fsp3) is 0.0909. The Morgan fingerprint density at radius 2 is 1.71 bits per heavy atom. The topological polar surface area (TPSA) is 67.4 Å². The molecule has 0 bridgehead atoms. The van der Waals surface area contributed by atoms with E-state index in [1.54, 1.807) is 31.2 Å². The lowest BCUT2D eigenvalue weighted by atomic mass is 10.1. The Balaban J connectivity index is 1.79. The lowest BCUT2D eigenvalue weighted by molar-refractivity contribution is 0.0967. The summed E-state index contributed by atoms with van der Waals surface area (Å²) in [5.74, 6) is 0.577. The normalized spacial score (nSPS) is 10.5. The lowest BCUT2D eigenvalue weighted by Gasteiger charge is -2.17. The second-order valence-electron chi connectivity index (χ2n) is 6.57. The van der Waals surface area contributed by atoms with Gasteiger partial charge in [0.25, 0.3) is 5.91 Å². The van der Waals surface area contributed by atoms with Crippen molar-refractivity contribution in [3.8, 4) is 11.5 Å². The molecule has 0 atom stereocenters. The van der Waals surface area contributed by atoms with Crippen molar-refractivity contribution in [3.05, 3.63) is 84.2 Å². The summed E-state index contributed by atoms with van der Waals surface area (Å²) in [6.45, 7) is 3.62. The van der Waals surface area contributed by atoms with Gasteiger partial charge < -0.3 is 10.1 Å². The molecule has 3 amide bonds. The van der Waals surface area contributed by atoms with Gasteiger partial charge in [-0.25, -0.2) is 4.79 Å². The minimum absolute atomic E-state index is 0.196. The number of hydrogen-bond donors (Lipinski definition) is 2. The Morgan fingerprint density at radius 3 is 2.39 bits per heavy atom. The number of carbonyl (C=O) groups is 2. The molecule has 0 aliphatic carbocycles. The van der Waals surface area contributed by atoms with Crippen molar-refractivity contribution in [2.45, 2.75) is 13.8 Å². The van der Waals surface area contributed by atoms with Gasteiger partial charge in [0.05, 0.1) is 25.8 Å². The van der Waals surface area contributed by atoms with E-state index in [1.807, 2.05) is 25.1 Å². The average molecular weight is 587 g/mol. The van der Waals surface area contributed by atoms with Crippen LogP contribution in [0.1, 0.15) is 21.5 Å². The molecule has 0 fully saturated rings. The second-order valence-corrected chi connectivity index (χ2v) is 9.13.